The average Bonchev–Trinajstić information content (AvgIpc) is 2.00. The Kier molecular flexibility index (Phi) is 4.74. The zero-order valence-corrected chi connectivity index (χ0v) is 9.78. The second-order valence-electron chi connectivity index (χ2n) is 4.96. The highest BCUT2D eigenvalue weighted by molar-refractivity contribution is 5.84. The van der Waals surface area contributed by atoms with Gasteiger partial charge in [0.2, 0.25) is 5.91 Å². The van der Waals surface area contributed by atoms with Gasteiger partial charge in [-0.05, 0) is 5.41 Å². The molecule has 1 unspecified atom stereocenters. The molecule has 0 bridgehead atoms. The van der Waals surface area contributed by atoms with Crippen LogP contribution in [0.2, 0.25) is 0 Å². The highest BCUT2D eigenvalue weighted by atomic mass is 16.4. The third kappa shape index (κ3) is 6.06. The lowest BCUT2D eigenvalue weighted by Crippen LogP contribution is -2.40. The molecule has 0 aromatic rings. The van der Waals surface area contributed by atoms with Gasteiger partial charge in [0.05, 0.1) is 6.42 Å². The van der Waals surface area contributed by atoms with Gasteiger partial charge in [0.1, 0.15) is 6.04 Å². The van der Waals surface area contributed by atoms with Crippen LogP contribution in [0.25, 0.3) is 0 Å². The molecule has 0 fully saturated rings. The van der Waals surface area contributed by atoms with E-state index in [1.807, 2.05) is 20.8 Å². The van der Waals surface area contributed by atoms with Crippen molar-refractivity contribution in [1.29, 1.82) is 0 Å². The van der Waals surface area contributed by atoms with Crippen LogP contribution in [0.3, 0.4) is 0 Å². The van der Waals surface area contributed by atoms with Gasteiger partial charge in [-0.15, -0.1) is 0 Å². The smallest absolute Gasteiger partial charge is 0.321 e. The maximum absolute atomic E-state index is 11.5. The Morgan fingerprint density at radius 2 is 1.87 bits per heavy atom. The van der Waals surface area contributed by atoms with Crippen molar-refractivity contribution in [1.82, 2.24) is 4.90 Å². The third-order valence-corrected chi connectivity index (χ3v) is 1.85. The number of hydrogen-bond donors (Lipinski definition) is 2. The molecule has 1 amide bonds. The molecule has 0 saturated carbocycles. The van der Waals surface area contributed by atoms with Gasteiger partial charge in [-0.1, -0.05) is 20.8 Å². The summed E-state index contributed by atoms with van der Waals surface area (Å²) in [4.78, 5) is 23.5. The Bertz CT molecular complexity index is 246. The van der Waals surface area contributed by atoms with E-state index in [0.717, 1.165) is 0 Å². The van der Waals surface area contributed by atoms with E-state index in [0.29, 0.717) is 6.54 Å². The summed E-state index contributed by atoms with van der Waals surface area (Å²) in [6, 6.07) is -1.11. The molecule has 0 rings (SSSR count). The zero-order chi connectivity index (χ0) is 12.2. The highest BCUT2D eigenvalue weighted by Gasteiger charge is 2.22. The number of nitrogens with two attached hydrogens (primary N) is 1. The minimum Gasteiger partial charge on any atom is -0.480 e. The van der Waals surface area contributed by atoms with Gasteiger partial charge < -0.3 is 15.7 Å². The van der Waals surface area contributed by atoms with Crippen molar-refractivity contribution >= 4 is 11.9 Å². The van der Waals surface area contributed by atoms with Gasteiger partial charge in [-0.25, -0.2) is 0 Å². The third-order valence-electron chi connectivity index (χ3n) is 1.85. The van der Waals surface area contributed by atoms with Crippen LogP contribution in [-0.4, -0.2) is 41.5 Å². The predicted molar refractivity (Wildman–Crippen MR) is 57.3 cm³/mol. The van der Waals surface area contributed by atoms with Crippen molar-refractivity contribution in [3.63, 3.8) is 0 Å². The summed E-state index contributed by atoms with van der Waals surface area (Å²) in [7, 11) is 1.65. The van der Waals surface area contributed by atoms with Crippen LogP contribution in [-0.2, 0) is 9.59 Å². The van der Waals surface area contributed by atoms with Crippen molar-refractivity contribution in [3.8, 4) is 0 Å². The van der Waals surface area contributed by atoms with Crippen LogP contribution in [0.15, 0.2) is 0 Å². The van der Waals surface area contributed by atoms with E-state index >= 15 is 0 Å². The molecule has 1 atom stereocenters. The van der Waals surface area contributed by atoms with Crippen LogP contribution >= 0.6 is 0 Å². The SMILES string of the molecule is CN(CC(C)(C)C)C(=O)CC(N)C(=O)O. The minimum absolute atomic E-state index is 0.00225. The molecule has 0 aliphatic carbocycles. The molecule has 0 spiro atoms. The number of carboxylic acid groups (broad SMARTS) is 1. The molecule has 0 aliphatic heterocycles. The van der Waals surface area contributed by atoms with Gasteiger partial charge in [0.25, 0.3) is 0 Å². The molecule has 88 valence electrons. The lowest BCUT2D eigenvalue weighted by Gasteiger charge is -2.27. The summed E-state index contributed by atoms with van der Waals surface area (Å²) in [6.45, 7) is 6.61. The largest absolute Gasteiger partial charge is 0.480 e. The van der Waals surface area contributed by atoms with Crippen molar-refractivity contribution < 1.29 is 14.7 Å². The van der Waals surface area contributed by atoms with Crippen molar-refractivity contribution in [3.05, 3.63) is 0 Å². The molecule has 0 heterocycles. The summed E-state index contributed by atoms with van der Waals surface area (Å²) >= 11 is 0. The summed E-state index contributed by atoms with van der Waals surface area (Å²) in [5.41, 5.74) is 5.27. The van der Waals surface area contributed by atoms with Gasteiger partial charge >= 0.3 is 5.97 Å². The number of nitrogens with zero attached hydrogens (tertiary/aromatic N) is 1. The maximum atomic E-state index is 11.5. The Hall–Kier alpha value is -1.10. The van der Waals surface area contributed by atoms with Gasteiger partial charge in [0.15, 0.2) is 0 Å². The first kappa shape index (κ1) is 13.9. The van der Waals surface area contributed by atoms with Crippen LogP contribution in [0.4, 0.5) is 0 Å². The lowest BCUT2D eigenvalue weighted by molar-refractivity contribution is -0.142. The van der Waals surface area contributed by atoms with E-state index in [1.54, 1.807) is 7.05 Å². The van der Waals surface area contributed by atoms with E-state index < -0.39 is 12.0 Å². The molecule has 3 N–H and O–H groups in total. The minimum atomic E-state index is -1.15. The fourth-order valence-corrected chi connectivity index (χ4v) is 1.23. The second kappa shape index (κ2) is 5.11. The Balaban J connectivity index is 4.17. The summed E-state index contributed by atoms with van der Waals surface area (Å²) in [6.07, 6.45) is -0.151. The van der Waals surface area contributed by atoms with Crippen molar-refractivity contribution in [2.75, 3.05) is 13.6 Å². The second-order valence-corrected chi connectivity index (χ2v) is 4.96. The standard InChI is InChI=1S/C10H20N2O3/c1-10(2,3)6-12(4)8(13)5-7(11)9(14)15/h7H,5-6,11H2,1-4H3,(H,14,15). The van der Waals surface area contributed by atoms with Gasteiger partial charge in [0, 0.05) is 13.6 Å². The fraction of sp³-hybridized carbons (Fsp3) is 0.800. The monoisotopic (exact) mass is 216 g/mol. The van der Waals surface area contributed by atoms with Crippen LogP contribution in [0, 0.1) is 5.41 Å². The molecule has 5 heteroatoms. The van der Waals surface area contributed by atoms with Gasteiger partial charge in [-0.2, -0.15) is 0 Å². The number of amides is 1. The Morgan fingerprint density at radius 1 is 1.40 bits per heavy atom. The first-order chi connectivity index (χ1) is 6.63. The predicted octanol–water partition coefficient (Wildman–Crippen LogP) is 0.293. The molecule has 0 aromatic carbocycles. The Morgan fingerprint density at radius 3 is 2.20 bits per heavy atom. The van der Waals surface area contributed by atoms with E-state index in [1.165, 1.54) is 4.90 Å². The number of carbonyl (C=O) groups excluding carboxylic acids is 1. The van der Waals surface area contributed by atoms with Crippen molar-refractivity contribution in [2.24, 2.45) is 11.1 Å². The lowest BCUT2D eigenvalue weighted by atomic mass is 9.96. The van der Waals surface area contributed by atoms with E-state index in [4.69, 9.17) is 10.8 Å². The molecular weight excluding hydrogens is 196 g/mol. The fourth-order valence-electron chi connectivity index (χ4n) is 1.23. The van der Waals surface area contributed by atoms with Crippen LogP contribution in [0.5, 0.6) is 0 Å². The normalized spacial score (nSPS) is 13.4. The summed E-state index contributed by atoms with van der Waals surface area (Å²) in [5.74, 6) is -1.38. The number of rotatable bonds is 4. The molecule has 0 saturated heterocycles. The number of aliphatic carboxylic acids is 1. The molecule has 0 radical (unpaired) electrons. The molecular formula is C10H20N2O3. The van der Waals surface area contributed by atoms with E-state index in [-0.39, 0.29) is 17.7 Å². The van der Waals surface area contributed by atoms with Crippen molar-refractivity contribution in [2.45, 2.75) is 33.2 Å². The molecule has 5 nitrogen and oxygen atoms in total. The van der Waals surface area contributed by atoms with E-state index in [2.05, 4.69) is 0 Å². The molecule has 0 aliphatic rings. The van der Waals surface area contributed by atoms with Gasteiger partial charge in [-0.3, -0.25) is 9.59 Å². The first-order valence-corrected chi connectivity index (χ1v) is 4.86. The summed E-state index contributed by atoms with van der Waals surface area (Å²) in [5, 5.41) is 8.55. The topological polar surface area (TPSA) is 83.6 Å². The number of hydrogen-bond acceptors (Lipinski definition) is 3. The van der Waals surface area contributed by atoms with E-state index in [9.17, 15) is 9.59 Å². The quantitative estimate of drug-likeness (QED) is 0.707. The zero-order valence-electron chi connectivity index (χ0n) is 9.78. The molecule has 15 heavy (non-hydrogen) atoms. The first-order valence-electron chi connectivity index (χ1n) is 4.86. The number of carbonyl (C=O) groups is 2. The molecule has 0 aromatic heterocycles. The number of carboxylic acids is 1. The maximum Gasteiger partial charge on any atom is 0.321 e. The van der Waals surface area contributed by atoms with Crippen LogP contribution < -0.4 is 5.73 Å². The van der Waals surface area contributed by atoms with Crippen LogP contribution in [0.1, 0.15) is 27.2 Å². The average molecular weight is 216 g/mol. The summed E-state index contributed by atoms with van der Waals surface area (Å²) < 4.78 is 0. The Labute approximate surface area is 90.2 Å². The highest BCUT2D eigenvalue weighted by Crippen LogP contribution is 2.14.